The van der Waals surface area contributed by atoms with Gasteiger partial charge in [-0.1, -0.05) is 11.6 Å². The van der Waals surface area contributed by atoms with E-state index in [0.717, 1.165) is 25.2 Å². The molecule has 0 radical (unpaired) electrons. The molecule has 1 aromatic heterocycles. The van der Waals surface area contributed by atoms with E-state index in [9.17, 15) is 0 Å². The van der Waals surface area contributed by atoms with Crippen molar-refractivity contribution >= 4 is 11.5 Å². The van der Waals surface area contributed by atoms with Crippen molar-refractivity contribution in [1.29, 1.82) is 0 Å². The molecule has 1 aromatic rings. The molecule has 0 amide bonds. The van der Waals surface area contributed by atoms with Crippen molar-refractivity contribution in [2.75, 3.05) is 23.7 Å². The van der Waals surface area contributed by atoms with Gasteiger partial charge >= 0.3 is 0 Å². The van der Waals surface area contributed by atoms with Gasteiger partial charge in [0, 0.05) is 13.1 Å². The second kappa shape index (κ2) is 3.70. The molecule has 0 unspecified atom stereocenters. The molecule has 14 heavy (non-hydrogen) atoms. The van der Waals surface area contributed by atoms with Gasteiger partial charge in [0.05, 0.1) is 11.9 Å². The SMILES string of the molecule is CC1=CCCN(c2ccc(N)nc2)C1. The third kappa shape index (κ3) is 1.87. The van der Waals surface area contributed by atoms with E-state index in [1.807, 2.05) is 18.3 Å². The molecule has 2 heterocycles. The number of pyridine rings is 1. The lowest BCUT2D eigenvalue weighted by atomic mass is 10.1. The smallest absolute Gasteiger partial charge is 0.123 e. The van der Waals surface area contributed by atoms with Crippen molar-refractivity contribution in [3.63, 3.8) is 0 Å². The van der Waals surface area contributed by atoms with E-state index < -0.39 is 0 Å². The molecule has 0 atom stereocenters. The predicted molar refractivity (Wildman–Crippen MR) is 59.2 cm³/mol. The topological polar surface area (TPSA) is 42.1 Å². The number of hydrogen-bond donors (Lipinski definition) is 1. The summed E-state index contributed by atoms with van der Waals surface area (Å²) in [5.41, 5.74) is 8.13. The van der Waals surface area contributed by atoms with Gasteiger partial charge in [0.1, 0.15) is 5.82 Å². The molecule has 3 nitrogen and oxygen atoms in total. The van der Waals surface area contributed by atoms with Crippen LogP contribution >= 0.6 is 0 Å². The number of nitrogens with zero attached hydrogens (tertiary/aromatic N) is 2. The van der Waals surface area contributed by atoms with E-state index >= 15 is 0 Å². The minimum Gasteiger partial charge on any atom is -0.384 e. The third-order valence-electron chi connectivity index (χ3n) is 2.47. The molecule has 0 aliphatic carbocycles. The van der Waals surface area contributed by atoms with E-state index in [-0.39, 0.29) is 0 Å². The van der Waals surface area contributed by atoms with Gasteiger partial charge in [0.15, 0.2) is 0 Å². The molecule has 0 saturated carbocycles. The predicted octanol–water partition coefficient (Wildman–Crippen LogP) is 1.82. The van der Waals surface area contributed by atoms with Gasteiger partial charge in [-0.3, -0.25) is 0 Å². The molecule has 0 bridgehead atoms. The summed E-state index contributed by atoms with van der Waals surface area (Å²) in [7, 11) is 0. The molecule has 3 heteroatoms. The van der Waals surface area contributed by atoms with Crippen molar-refractivity contribution in [3.05, 3.63) is 30.0 Å². The Hall–Kier alpha value is -1.51. The van der Waals surface area contributed by atoms with E-state index in [0.29, 0.717) is 5.82 Å². The molecule has 1 aliphatic heterocycles. The zero-order valence-electron chi connectivity index (χ0n) is 8.40. The molecular formula is C11H15N3. The minimum atomic E-state index is 0.582. The lowest BCUT2D eigenvalue weighted by Crippen LogP contribution is -2.29. The lowest BCUT2D eigenvalue weighted by Gasteiger charge is -2.27. The first-order chi connectivity index (χ1) is 6.75. The van der Waals surface area contributed by atoms with E-state index in [4.69, 9.17) is 5.73 Å². The Balaban J connectivity index is 2.16. The number of anilines is 2. The summed E-state index contributed by atoms with van der Waals surface area (Å²) in [6.07, 6.45) is 5.26. The van der Waals surface area contributed by atoms with Crippen molar-refractivity contribution < 1.29 is 0 Å². The largest absolute Gasteiger partial charge is 0.384 e. The molecule has 2 N–H and O–H groups in total. The van der Waals surface area contributed by atoms with Crippen LogP contribution < -0.4 is 10.6 Å². The minimum absolute atomic E-state index is 0.582. The molecule has 2 rings (SSSR count). The first kappa shape index (κ1) is 9.06. The van der Waals surface area contributed by atoms with Crippen LogP contribution in [0.5, 0.6) is 0 Å². The average Bonchev–Trinajstić information content (AvgIpc) is 2.19. The first-order valence-electron chi connectivity index (χ1n) is 4.88. The van der Waals surface area contributed by atoms with E-state index in [1.165, 1.54) is 5.57 Å². The highest BCUT2D eigenvalue weighted by Gasteiger charge is 2.10. The van der Waals surface area contributed by atoms with Gasteiger partial charge in [-0.2, -0.15) is 0 Å². The zero-order chi connectivity index (χ0) is 9.97. The Morgan fingerprint density at radius 1 is 1.43 bits per heavy atom. The highest BCUT2D eigenvalue weighted by Crippen LogP contribution is 2.18. The third-order valence-corrected chi connectivity index (χ3v) is 2.47. The van der Waals surface area contributed by atoms with Gasteiger partial charge < -0.3 is 10.6 Å². The molecule has 74 valence electrons. The fourth-order valence-corrected chi connectivity index (χ4v) is 1.72. The van der Waals surface area contributed by atoms with E-state index in [1.54, 1.807) is 0 Å². The van der Waals surface area contributed by atoms with Gasteiger partial charge in [0.2, 0.25) is 0 Å². The van der Waals surface area contributed by atoms with Crippen LogP contribution in [-0.2, 0) is 0 Å². The molecule has 0 fully saturated rings. The maximum Gasteiger partial charge on any atom is 0.123 e. The van der Waals surface area contributed by atoms with Gasteiger partial charge in [-0.25, -0.2) is 4.98 Å². The standard InChI is InChI=1S/C11H15N3/c1-9-3-2-6-14(8-9)10-4-5-11(12)13-7-10/h3-5,7H,2,6,8H2,1H3,(H2,12,13). The Morgan fingerprint density at radius 2 is 2.29 bits per heavy atom. The summed E-state index contributed by atoms with van der Waals surface area (Å²) in [6.45, 7) is 4.24. The maximum atomic E-state index is 5.54. The monoisotopic (exact) mass is 189 g/mol. The normalized spacial score (nSPS) is 16.6. The highest BCUT2D eigenvalue weighted by atomic mass is 15.1. The number of rotatable bonds is 1. The second-order valence-corrected chi connectivity index (χ2v) is 3.70. The summed E-state index contributed by atoms with van der Waals surface area (Å²) in [5, 5.41) is 0. The van der Waals surface area contributed by atoms with Crippen LogP contribution in [0.3, 0.4) is 0 Å². The molecular weight excluding hydrogens is 174 g/mol. The zero-order valence-corrected chi connectivity index (χ0v) is 8.40. The van der Waals surface area contributed by atoms with Gasteiger partial charge in [-0.05, 0) is 25.5 Å². The first-order valence-corrected chi connectivity index (χ1v) is 4.88. The Morgan fingerprint density at radius 3 is 2.93 bits per heavy atom. The van der Waals surface area contributed by atoms with Crippen LogP contribution in [0.2, 0.25) is 0 Å². The Labute approximate surface area is 84.2 Å². The van der Waals surface area contributed by atoms with Crippen LogP contribution in [-0.4, -0.2) is 18.1 Å². The highest BCUT2D eigenvalue weighted by molar-refractivity contribution is 5.49. The van der Waals surface area contributed by atoms with Crippen LogP contribution in [0, 0.1) is 0 Å². The van der Waals surface area contributed by atoms with E-state index in [2.05, 4.69) is 22.9 Å². The van der Waals surface area contributed by atoms with Crippen molar-refractivity contribution in [2.24, 2.45) is 0 Å². The summed E-state index contributed by atoms with van der Waals surface area (Å²) in [5.74, 6) is 0.582. The molecule has 0 aromatic carbocycles. The van der Waals surface area contributed by atoms with Gasteiger partial charge in [-0.15, -0.1) is 0 Å². The summed E-state index contributed by atoms with van der Waals surface area (Å²) >= 11 is 0. The van der Waals surface area contributed by atoms with Crippen LogP contribution in [0.4, 0.5) is 11.5 Å². The lowest BCUT2D eigenvalue weighted by molar-refractivity contribution is 0.789. The van der Waals surface area contributed by atoms with Crippen molar-refractivity contribution in [3.8, 4) is 0 Å². The van der Waals surface area contributed by atoms with Crippen molar-refractivity contribution in [2.45, 2.75) is 13.3 Å². The number of hydrogen-bond acceptors (Lipinski definition) is 3. The fraction of sp³-hybridized carbons (Fsp3) is 0.364. The van der Waals surface area contributed by atoms with Gasteiger partial charge in [0.25, 0.3) is 0 Å². The quantitative estimate of drug-likeness (QED) is 0.685. The van der Waals surface area contributed by atoms with Crippen LogP contribution in [0.1, 0.15) is 13.3 Å². The number of nitrogen functional groups attached to an aromatic ring is 1. The maximum absolute atomic E-state index is 5.54. The Kier molecular flexibility index (Phi) is 2.39. The van der Waals surface area contributed by atoms with Crippen LogP contribution in [0.15, 0.2) is 30.0 Å². The molecule has 0 spiro atoms. The Bertz CT molecular complexity index is 340. The van der Waals surface area contributed by atoms with Crippen molar-refractivity contribution in [1.82, 2.24) is 4.98 Å². The summed E-state index contributed by atoms with van der Waals surface area (Å²) in [4.78, 5) is 6.42. The second-order valence-electron chi connectivity index (χ2n) is 3.70. The average molecular weight is 189 g/mol. The van der Waals surface area contributed by atoms with Crippen LogP contribution in [0.25, 0.3) is 0 Å². The molecule has 1 aliphatic rings. The summed E-state index contributed by atoms with van der Waals surface area (Å²) < 4.78 is 0. The number of aromatic nitrogens is 1. The number of nitrogens with two attached hydrogens (primary N) is 1. The fourth-order valence-electron chi connectivity index (χ4n) is 1.72. The molecule has 0 saturated heterocycles. The summed E-state index contributed by atoms with van der Waals surface area (Å²) in [6, 6.07) is 3.88.